The second-order valence-electron chi connectivity index (χ2n) is 19.9. The number of nitrogens with zero attached hydrogens (tertiary/aromatic N) is 2. The van der Waals surface area contributed by atoms with Crippen molar-refractivity contribution in [3.05, 3.63) is 91.4 Å². The maximum Gasteiger partial charge on any atom is 0.583 e. The molecule has 6 saturated carbocycles. The van der Waals surface area contributed by atoms with Crippen molar-refractivity contribution in [3.8, 4) is 0 Å². The minimum atomic E-state index is -2.43. The van der Waals surface area contributed by atoms with Crippen LogP contribution in [0.3, 0.4) is 0 Å². The maximum absolute atomic E-state index is 12.8. The summed E-state index contributed by atoms with van der Waals surface area (Å²) < 4.78 is 28.2. The Morgan fingerprint density at radius 1 is 0.623 bits per heavy atom. The molecule has 2 aromatic rings. The van der Waals surface area contributed by atoms with Gasteiger partial charge in [-0.3, -0.25) is 29.0 Å². The Labute approximate surface area is 364 Å². The molecule has 2 aromatic carbocycles. The number of hydrogen-bond donors (Lipinski definition) is 0. The van der Waals surface area contributed by atoms with Crippen LogP contribution in [-0.2, 0) is 42.5 Å². The molecule has 3 saturated heterocycles. The van der Waals surface area contributed by atoms with E-state index in [1.165, 1.54) is 12.8 Å². The number of epoxide rings is 1. The molecule has 330 valence electrons. The summed E-state index contributed by atoms with van der Waals surface area (Å²) in [5, 5.41) is 0. The van der Waals surface area contributed by atoms with Gasteiger partial charge < -0.3 is 23.4 Å². The summed E-state index contributed by atoms with van der Waals surface area (Å²) in [6.45, 7) is 17.3. The summed E-state index contributed by atoms with van der Waals surface area (Å²) in [5.74, 6) is 3.41. The normalized spacial score (nSPS) is 35.6. The molecule has 10 atom stereocenters. The van der Waals surface area contributed by atoms with E-state index in [0.717, 1.165) is 24.0 Å². The van der Waals surface area contributed by atoms with Crippen molar-refractivity contribution in [2.75, 3.05) is 26.2 Å². The van der Waals surface area contributed by atoms with Crippen molar-refractivity contribution in [3.63, 3.8) is 0 Å². The van der Waals surface area contributed by atoms with Gasteiger partial charge in [0.05, 0.1) is 38.3 Å². The number of carbonyl (C=O) groups is 4. The maximum atomic E-state index is 12.8. The first-order valence-electron chi connectivity index (χ1n) is 21.7. The first kappa shape index (κ1) is 46.3. The summed E-state index contributed by atoms with van der Waals surface area (Å²) in [6, 6.07) is 19.1. The molecular weight excluding hydrogens is 770 g/mol. The van der Waals surface area contributed by atoms with Crippen LogP contribution in [0.1, 0.15) is 99.3 Å². The van der Waals surface area contributed by atoms with E-state index < -0.39 is 43.0 Å². The average molecular weight is 839 g/mol. The zero-order valence-electron chi connectivity index (χ0n) is 35.5. The predicted octanol–water partition coefficient (Wildman–Crippen LogP) is 7.75. The van der Waals surface area contributed by atoms with E-state index in [9.17, 15) is 19.2 Å². The fraction of sp³-hybridized carbons (Fsp3) is 0.583. The van der Waals surface area contributed by atoms with Crippen LogP contribution >= 0.6 is 0 Å². The van der Waals surface area contributed by atoms with E-state index in [1.807, 2.05) is 70.5 Å². The van der Waals surface area contributed by atoms with Gasteiger partial charge in [-0.05, 0) is 96.8 Å². The molecule has 6 aliphatic carbocycles. The van der Waals surface area contributed by atoms with E-state index in [0.29, 0.717) is 46.3 Å². The average Bonchev–Trinajstić information content (AvgIpc) is 3.98. The number of benzene rings is 2. The Bertz CT molecular complexity index is 1920. The highest BCUT2D eigenvalue weighted by Crippen LogP contribution is 2.63. The minimum absolute atomic E-state index is 0. The third-order valence-electron chi connectivity index (χ3n) is 15.8. The van der Waals surface area contributed by atoms with Gasteiger partial charge in [0.15, 0.2) is 0 Å². The van der Waals surface area contributed by atoms with Crippen molar-refractivity contribution in [2.24, 2.45) is 46.3 Å². The zero-order valence-corrected chi connectivity index (χ0v) is 35.5. The summed E-state index contributed by atoms with van der Waals surface area (Å²) in [4.78, 5) is 54.7. The first-order chi connectivity index (χ1) is 27.9. The van der Waals surface area contributed by atoms with Crippen LogP contribution in [0.4, 0.5) is 0 Å². The molecule has 4 bridgehead atoms. The standard InChI is InChI=1S/C23H30BNO5.C23H30BNO4.2CH4/c1-14-17-10-16(23(17,2)3)11-18(14)25-12-19(26)29-24(4,30-20(27)13-25)22-21(28-22)15-8-6-5-7-9-15;1-16-19-12-18(23(19,2)3)13-20(16)25-14-21(26)28-24(4,29-22(27)15-25)11-10-17-8-6-5-7-9-17;;/h5-9,14,16-18,21-22H,4,10-13H2,1-3H3;5-11,16,18-20H,4,12-15H2,1-3H3;2*1H4/b;11-10+;;/t14-,16+,17-,18-,21+,22-;16-,18+,19-,20-;;/m11../s1. The van der Waals surface area contributed by atoms with E-state index in [4.69, 9.17) is 23.4 Å². The summed E-state index contributed by atoms with van der Waals surface area (Å²) in [5.41, 5.74) is 2.58. The van der Waals surface area contributed by atoms with Gasteiger partial charge in [-0.25, -0.2) is 0 Å². The van der Waals surface area contributed by atoms with Gasteiger partial charge in [0.2, 0.25) is 0 Å². The summed E-state index contributed by atoms with van der Waals surface area (Å²) in [6.07, 6.45) is 6.02. The zero-order chi connectivity index (χ0) is 42.1. The second-order valence-corrected chi connectivity index (χ2v) is 19.9. The Morgan fingerprint density at radius 3 is 1.44 bits per heavy atom. The van der Waals surface area contributed by atoms with Gasteiger partial charge in [0.25, 0.3) is 23.9 Å². The molecule has 0 spiro atoms. The van der Waals surface area contributed by atoms with Crippen LogP contribution in [0.15, 0.2) is 66.6 Å². The van der Waals surface area contributed by atoms with E-state index in [1.54, 1.807) is 12.1 Å². The highest BCUT2D eigenvalue weighted by atomic mass is 16.7. The highest BCUT2D eigenvalue weighted by Gasteiger charge is 2.63. The molecule has 0 radical (unpaired) electrons. The van der Waals surface area contributed by atoms with Crippen molar-refractivity contribution in [1.29, 1.82) is 0 Å². The number of carbonyl (C=O) groups excluding carboxylic acids is 4. The predicted molar refractivity (Wildman–Crippen MR) is 239 cm³/mol. The van der Waals surface area contributed by atoms with Gasteiger partial charge in [0, 0.05) is 12.1 Å². The molecule has 0 amide bonds. The third kappa shape index (κ3) is 9.03. The van der Waals surface area contributed by atoms with Crippen LogP contribution in [0.25, 0.3) is 6.08 Å². The quantitative estimate of drug-likeness (QED) is 0.161. The Hall–Kier alpha value is -4.19. The summed E-state index contributed by atoms with van der Waals surface area (Å²) in [7, 11) is 0. The number of ether oxygens (including phenoxy) is 1. The van der Waals surface area contributed by atoms with Crippen LogP contribution in [0.5, 0.6) is 0 Å². The van der Waals surface area contributed by atoms with Gasteiger partial charge >= 0.3 is 13.1 Å². The summed E-state index contributed by atoms with van der Waals surface area (Å²) >= 11 is 0. The van der Waals surface area contributed by atoms with Crippen LogP contribution in [0, 0.1) is 60.0 Å². The van der Waals surface area contributed by atoms with Gasteiger partial charge in [-0.2, -0.15) is 0 Å². The third-order valence-corrected chi connectivity index (χ3v) is 15.8. The number of fused-ring (bicyclic) bond motifs is 4. The molecule has 61 heavy (non-hydrogen) atoms. The second kappa shape index (κ2) is 17.2. The van der Waals surface area contributed by atoms with E-state index in [-0.39, 0.29) is 59.2 Å². The molecule has 0 aromatic heterocycles. The first-order valence-corrected chi connectivity index (χ1v) is 21.7. The highest BCUT2D eigenvalue weighted by molar-refractivity contribution is 6.77. The lowest BCUT2D eigenvalue weighted by atomic mass is 9.44. The molecule has 3 aliphatic heterocycles. The molecule has 3 heterocycles. The van der Waals surface area contributed by atoms with E-state index >= 15 is 0 Å². The fourth-order valence-electron chi connectivity index (χ4n) is 12.0. The Kier molecular flexibility index (Phi) is 13.0. The van der Waals surface area contributed by atoms with Crippen molar-refractivity contribution >= 4 is 43.1 Å². The number of rotatable bonds is 6. The fourth-order valence-corrected chi connectivity index (χ4v) is 12.0. The topological polar surface area (TPSA) is 124 Å². The Balaban J connectivity index is 0.000000198. The lowest BCUT2D eigenvalue weighted by molar-refractivity contribution is -0.162. The van der Waals surface area contributed by atoms with Crippen LogP contribution < -0.4 is 0 Å². The largest absolute Gasteiger partial charge is 0.614 e. The smallest absolute Gasteiger partial charge is 0.583 e. The molecule has 11 nitrogen and oxygen atoms in total. The van der Waals surface area contributed by atoms with Crippen LogP contribution in [-0.4, -0.2) is 91.0 Å². The van der Waals surface area contributed by atoms with Crippen molar-refractivity contribution < 1.29 is 42.5 Å². The lowest BCUT2D eigenvalue weighted by Crippen LogP contribution is -2.63. The van der Waals surface area contributed by atoms with E-state index in [2.05, 4.69) is 55.2 Å². The minimum Gasteiger partial charge on any atom is -0.614 e. The van der Waals surface area contributed by atoms with Gasteiger partial charge in [-0.1, -0.05) is 123 Å². The molecule has 13 heteroatoms. The van der Waals surface area contributed by atoms with Crippen molar-refractivity contribution in [1.82, 2.24) is 9.80 Å². The monoisotopic (exact) mass is 839 g/mol. The van der Waals surface area contributed by atoms with Crippen LogP contribution in [0.2, 0.25) is 0 Å². The SMILES string of the molecule is C.C.[CH2+][B-]1(/C=C/c2ccccc2)OC(=O)CN([C@@H]2C[C@@H]3C[C@H]([C@H]2C)C3(C)C)CC(=O)O1.[CH2+][B-]1([C@@H]2O[C@H]2c2ccccc2)OC(=O)CN([C@@H]2C[C@@H]3C[C@H]([C@H]2C)C3(C)C)CC(=O)O1. The Morgan fingerprint density at radius 2 is 1.03 bits per heavy atom. The lowest BCUT2D eigenvalue weighted by Gasteiger charge is -2.63. The van der Waals surface area contributed by atoms with Gasteiger partial charge in [-0.15, -0.1) is 5.98 Å². The molecule has 9 fully saturated rings. The molecular formula is C48H68B2N2O9. The molecule has 9 aliphatic rings. The number of hydrogen-bond acceptors (Lipinski definition) is 11. The molecule has 0 N–H and O–H groups in total. The molecule has 0 unspecified atom stereocenters. The van der Waals surface area contributed by atoms with Crippen molar-refractivity contribution in [2.45, 2.75) is 106 Å². The van der Waals surface area contributed by atoms with Gasteiger partial charge in [0.1, 0.15) is 0 Å². The molecule has 11 rings (SSSR count).